The number of hydrogen-bond donors (Lipinski definition) is 1. The maximum atomic E-state index is 11.8. The van der Waals surface area contributed by atoms with Crippen molar-refractivity contribution in [3.63, 3.8) is 0 Å². The number of ether oxygens (including phenoxy) is 1. The van der Waals surface area contributed by atoms with E-state index in [0.717, 1.165) is 11.1 Å². The number of esters is 1. The molecule has 0 radical (unpaired) electrons. The van der Waals surface area contributed by atoms with Crippen LogP contribution in [0.15, 0.2) is 54.6 Å². The summed E-state index contributed by atoms with van der Waals surface area (Å²) in [5, 5.41) is 13.2. The number of rotatable bonds is 6. The minimum absolute atomic E-state index is 0.0454. The van der Waals surface area contributed by atoms with Gasteiger partial charge in [-0.15, -0.1) is 0 Å². The average Bonchev–Trinajstić information content (AvgIpc) is 2.59. The lowest BCUT2D eigenvalue weighted by Crippen LogP contribution is -2.20. The van der Waals surface area contributed by atoms with Gasteiger partial charge in [0.2, 0.25) is 0 Å². The van der Waals surface area contributed by atoms with E-state index in [1.165, 1.54) is 24.3 Å². The molecule has 2 aromatic rings. The number of para-hydroxylation sites is 2. The number of nitrogens with zero attached hydrogens (tertiary/aromatic N) is 1. The van der Waals surface area contributed by atoms with E-state index >= 15 is 0 Å². The first-order valence-electron chi connectivity index (χ1n) is 7.41. The first kappa shape index (κ1) is 17.9. The molecule has 0 fully saturated rings. The second-order valence-electron chi connectivity index (χ2n) is 5.12. The van der Waals surface area contributed by atoms with Gasteiger partial charge in [-0.25, -0.2) is 4.79 Å². The van der Waals surface area contributed by atoms with E-state index in [2.05, 4.69) is 5.32 Å². The second kappa shape index (κ2) is 8.39. The van der Waals surface area contributed by atoms with E-state index < -0.39 is 23.4 Å². The molecule has 2 rings (SSSR count). The van der Waals surface area contributed by atoms with Crippen molar-refractivity contribution >= 4 is 29.3 Å². The quantitative estimate of drug-likeness (QED) is 0.377. The Bertz CT molecular complexity index is 830. The molecule has 7 nitrogen and oxygen atoms in total. The summed E-state index contributed by atoms with van der Waals surface area (Å²) in [5.41, 5.74) is 1.68. The topological polar surface area (TPSA) is 98.5 Å². The third-order valence-corrected chi connectivity index (χ3v) is 3.31. The van der Waals surface area contributed by atoms with Crippen LogP contribution in [0.1, 0.15) is 11.1 Å². The third kappa shape index (κ3) is 5.28. The van der Waals surface area contributed by atoms with Gasteiger partial charge in [0.05, 0.1) is 4.92 Å². The number of nitro benzene ring substituents is 1. The van der Waals surface area contributed by atoms with Gasteiger partial charge < -0.3 is 10.1 Å². The molecule has 0 aliphatic heterocycles. The third-order valence-electron chi connectivity index (χ3n) is 3.31. The summed E-state index contributed by atoms with van der Waals surface area (Å²) in [4.78, 5) is 33.7. The van der Waals surface area contributed by atoms with Crippen molar-refractivity contribution in [2.75, 3.05) is 11.9 Å². The highest BCUT2D eigenvalue weighted by Crippen LogP contribution is 2.22. The molecule has 7 heteroatoms. The minimum atomic E-state index is -0.680. The SMILES string of the molecule is Cc1ccccc1/C=C/C(=O)OCC(=O)Nc1ccccc1[N+](=O)[O-]. The van der Waals surface area contributed by atoms with E-state index in [1.54, 1.807) is 12.1 Å². The second-order valence-corrected chi connectivity index (χ2v) is 5.12. The van der Waals surface area contributed by atoms with Crippen LogP contribution in [-0.4, -0.2) is 23.4 Å². The number of benzene rings is 2. The Labute approximate surface area is 144 Å². The van der Waals surface area contributed by atoms with Crippen LogP contribution in [0.2, 0.25) is 0 Å². The molecule has 0 saturated heterocycles. The average molecular weight is 340 g/mol. The molecule has 0 saturated carbocycles. The molecule has 0 aliphatic rings. The Morgan fingerprint density at radius 2 is 1.84 bits per heavy atom. The Kier molecular flexibility index (Phi) is 6.00. The van der Waals surface area contributed by atoms with E-state index in [-0.39, 0.29) is 11.4 Å². The van der Waals surface area contributed by atoms with Gasteiger partial charge in [0.1, 0.15) is 5.69 Å². The smallest absolute Gasteiger partial charge is 0.331 e. The van der Waals surface area contributed by atoms with Crippen LogP contribution < -0.4 is 5.32 Å². The van der Waals surface area contributed by atoms with Crippen LogP contribution in [0.3, 0.4) is 0 Å². The lowest BCUT2D eigenvalue weighted by atomic mass is 10.1. The Hall–Kier alpha value is -3.48. The van der Waals surface area contributed by atoms with Crippen molar-refractivity contribution in [3.8, 4) is 0 Å². The highest BCUT2D eigenvalue weighted by molar-refractivity contribution is 5.96. The first-order chi connectivity index (χ1) is 12.0. The van der Waals surface area contributed by atoms with Gasteiger partial charge in [-0.1, -0.05) is 36.4 Å². The van der Waals surface area contributed by atoms with Crippen molar-refractivity contribution in [1.29, 1.82) is 0 Å². The number of nitrogens with one attached hydrogen (secondary N) is 1. The lowest BCUT2D eigenvalue weighted by Gasteiger charge is -2.06. The first-order valence-corrected chi connectivity index (χ1v) is 7.41. The molecule has 0 unspecified atom stereocenters. The molecular formula is C18H16N2O5. The van der Waals surface area contributed by atoms with Gasteiger partial charge in [0, 0.05) is 12.1 Å². The molecule has 0 aromatic heterocycles. The fourth-order valence-corrected chi connectivity index (χ4v) is 2.04. The van der Waals surface area contributed by atoms with Crippen LogP contribution in [0.25, 0.3) is 6.08 Å². The fourth-order valence-electron chi connectivity index (χ4n) is 2.04. The summed E-state index contributed by atoms with van der Waals surface area (Å²) in [6.07, 6.45) is 2.82. The zero-order valence-corrected chi connectivity index (χ0v) is 13.5. The molecule has 0 heterocycles. The Morgan fingerprint density at radius 1 is 1.16 bits per heavy atom. The van der Waals surface area contributed by atoms with Gasteiger partial charge in [-0.3, -0.25) is 14.9 Å². The Morgan fingerprint density at radius 3 is 2.56 bits per heavy atom. The predicted octanol–water partition coefficient (Wildman–Crippen LogP) is 3.10. The van der Waals surface area contributed by atoms with Gasteiger partial charge >= 0.3 is 5.97 Å². The van der Waals surface area contributed by atoms with Crippen molar-refractivity contribution in [2.45, 2.75) is 6.92 Å². The molecule has 1 N–H and O–H groups in total. The monoisotopic (exact) mass is 340 g/mol. The number of carbonyl (C=O) groups is 2. The van der Waals surface area contributed by atoms with E-state index in [9.17, 15) is 19.7 Å². The number of aryl methyl sites for hydroxylation is 1. The van der Waals surface area contributed by atoms with Crippen molar-refractivity contribution in [3.05, 3.63) is 75.8 Å². The summed E-state index contributed by atoms with van der Waals surface area (Å²) in [7, 11) is 0. The van der Waals surface area contributed by atoms with E-state index in [0.29, 0.717) is 0 Å². The summed E-state index contributed by atoms with van der Waals surface area (Å²) in [6.45, 7) is 1.37. The van der Waals surface area contributed by atoms with Gasteiger partial charge in [0.25, 0.3) is 11.6 Å². The summed E-state index contributed by atoms with van der Waals surface area (Å²) in [5.74, 6) is -1.34. The molecule has 0 spiro atoms. The molecule has 128 valence electrons. The summed E-state index contributed by atoms with van der Waals surface area (Å²) >= 11 is 0. The predicted molar refractivity (Wildman–Crippen MR) is 92.9 cm³/mol. The molecule has 25 heavy (non-hydrogen) atoms. The zero-order chi connectivity index (χ0) is 18.2. The maximum Gasteiger partial charge on any atom is 0.331 e. The summed E-state index contributed by atoms with van der Waals surface area (Å²) in [6, 6.07) is 13.2. The largest absolute Gasteiger partial charge is 0.452 e. The highest BCUT2D eigenvalue weighted by atomic mass is 16.6. The van der Waals surface area contributed by atoms with Gasteiger partial charge in [-0.2, -0.15) is 0 Å². The minimum Gasteiger partial charge on any atom is -0.452 e. The van der Waals surface area contributed by atoms with E-state index in [4.69, 9.17) is 4.74 Å². The fraction of sp³-hybridized carbons (Fsp3) is 0.111. The maximum absolute atomic E-state index is 11.8. The molecule has 0 bridgehead atoms. The number of amides is 1. The van der Waals surface area contributed by atoms with Crippen molar-refractivity contribution in [2.24, 2.45) is 0 Å². The van der Waals surface area contributed by atoms with Crippen LogP contribution in [0, 0.1) is 17.0 Å². The lowest BCUT2D eigenvalue weighted by molar-refractivity contribution is -0.383. The standard InChI is InChI=1S/C18H16N2O5/c1-13-6-2-3-7-14(13)10-11-18(22)25-12-17(21)19-15-8-4-5-9-16(15)20(23)24/h2-11H,12H2,1H3,(H,19,21)/b11-10+. The zero-order valence-electron chi connectivity index (χ0n) is 13.5. The van der Waals surface area contributed by atoms with Gasteiger partial charge in [-0.05, 0) is 30.2 Å². The van der Waals surface area contributed by atoms with E-state index in [1.807, 2.05) is 31.2 Å². The molecule has 2 aromatic carbocycles. The normalized spacial score (nSPS) is 10.4. The number of hydrogen-bond acceptors (Lipinski definition) is 5. The number of anilines is 1. The molecule has 1 amide bonds. The summed E-state index contributed by atoms with van der Waals surface area (Å²) < 4.78 is 4.83. The van der Waals surface area contributed by atoms with Crippen molar-refractivity contribution < 1.29 is 19.2 Å². The molecule has 0 aliphatic carbocycles. The van der Waals surface area contributed by atoms with Crippen LogP contribution in [0.5, 0.6) is 0 Å². The number of carbonyl (C=O) groups excluding carboxylic acids is 2. The van der Waals surface area contributed by atoms with Crippen LogP contribution in [-0.2, 0) is 14.3 Å². The molecular weight excluding hydrogens is 324 g/mol. The number of nitro groups is 1. The van der Waals surface area contributed by atoms with Crippen molar-refractivity contribution in [1.82, 2.24) is 0 Å². The highest BCUT2D eigenvalue weighted by Gasteiger charge is 2.15. The van der Waals surface area contributed by atoms with Crippen LogP contribution >= 0.6 is 0 Å². The van der Waals surface area contributed by atoms with Crippen LogP contribution in [0.4, 0.5) is 11.4 Å². The molecule has 0 atom stereocenters. The van der Waals surface area contributed by atoms with Gasteiger partial charge in [0.15, 0.2) is 6.61 Å². The Balaban J connectivity index is 1.89.